The Bertz CT molecular complexity index is 209. The molecule has 15 heavy (non-hydrogen) atoms. The first-order valence-corrected chi connectivity index (χ1v) is 5.57. The Balaban J connectivity index is 1.87. The highest BCUT2D eigenvalue weighted by Gasteiger charge is 2.27. The summed E-state index contributed by atoms with van der Waals surface area (Å²) < 4.78 is 10.8. The zero-order valence-corrected chi connectivity index (χ0v) is 8.91. The maximum Gasteiger partial charge on any atom is 0.253 e. The zero-order chi connectivity index (χ0) is 10.5. The molecule has 0 aliphatic carbocycles. The minimum absolute atomic E-state index is 0.104. The van der Waals surface area contributed by atoms with Gasteiger partial charge in [-0.15, -0.1) is 0 Å². The van der Waals surface area contributed by atoms with Crippen molar-refractivity contribution < 1.29 is 14.3 Å². The summed E-state index contributed by atoms with van der Waals surface area (Å²) in [6, 6.07) is 0. The van der Waals surface area contributed by atoms with Crippen molar-refractivity contribution in [1.29, 1.82) is 0 Å². The molecule has 0 aromatic carbocycles. The molecule has 0 aromatic heterocycles. The van der Waals surface area contributed by atoms with Crippen LogP contribution in [0.5, 0.6) is 0 Å². The molecule has 0 saturated carbocycles. The number of amides is 1. The number of nitrogens with one attached hydrogen (secondary N) is 1. The molecule has 0 bridgehead atoms. The Morgan fingerprint density at radius 2 is 2.20 bits per heavy atom. The minimum atomic E-state index is -0.295. The number of ether oxygens (including phenoxy) is 2. The van der Waals surface area contributed by atoms with Crippen molar-refractivity contribution in [3.8, 4) is 0 Å². The lowest BCUT2D eigenvalue weighted by atomic mass is 10.2. The van der Waals surface area contributed by atoms with E-state index < -0.39 is 0 Å². The van der Waals surface area contributed by atoms with Crippen LogP contribution in [-0.4, -0.2) is 62.9 Å². The molecule has 1 amide bonds. The van der Waals surface area contributed by atoms with Gasteiger partial charge in [0.05, 0.1) is 13.2 Å². The number of carbonyl (C=O) groups is 1. The number of hydrogen-bond donors (Lipinski definition) is 1. The van der Waals surface area contributed by atoms with Gasteiger partial charge in [-0.3, -0.25) is 4.79 Å². The van der Waals surface area contributed by atoms with Gasteiger partial charge in [-0.05, 0) is 6.42 Å². The van der Waals surface area contributed by atoms with Gasteiger partial charge in [0, 0.05) is 32.8 Å². The second kappa shape index (κ2) is 5.44. The first kappa shape index (κ1) is 10.9. The molecule has 2 heterocycles. The fourth-order valence-electron chi connectivity index (χ4n) is 1.89. The van der Waals surface area contributed by atoms with Crippen LogP contribution in [0.3, 0.4) is 0 Å². The quantitative estimate of drug-likeness (QED) is 0.622. The van der Waals surface area contributed by atoms with Crippen molar-refractivity contribution in [2.75, 3.05) is 46.0 Å². The molecule has 2 aliphatic rings. The van der Waals surface area contributed by atoms with E-state index in [0.29, 0.717) is 26.3 Å². The minimum Gasteiger partial charge on any atom is -0.380 e. The molecule has 5 heteroatoms. The van der Waals surface area contributed by atoms with E-state index in [1.54, 1.807) is 0 Å². The maximum absolute atomic E-state index is 12.0. The first-order chi connectivity index (χ1) is 7.38. The summed E-state index contributed by atoms with van der Waals surface area (Å²) in [5.74, 6) is 0.104. The van der Waals surface area contributed by atoms with Crippen molar-refractivity contribution in [1.82, 2.24) is 10.2 Å². The molecule has 0 aromatic rings. The number of carbonyl (C=O) groups excluding carboxylic acids is 1. The summed E-state index contributed by atoms with van der Waals surface area (Å²) in [4.78, 5) is 13.9. The van der Waals surface area contributed by atoms with Gasteiger partial charge in [0.2, 0.25) is 0 Å². The molecule has 2 rings (SSSR count). The van der Waals surface area contributed by atoms with Crippen molar-refractivity contribution in [2.45, 2.75) is 12.5 Å². The van der Waals surface area contributed by atoms with Crippen LogP contribution in [0.15, 0.2) is 0 Å². The first-order valence-electron chi connectivity index (χ1n) is 5.57. The number of hydrogen-bond acceptors (Lipinski definition) is 4. The monoisotopic (exact) mass is 214 g/mol. The van der Waals surface area contributed by atoms with Gasteiger partial charge in [0.1, 0.15) is 6.10 Å². The zero-order valence-electron chi connectivity index (χ0n) is 8.91. The predicted molar refractivity (Wildman–Crippen MR) is 54.6 cm³/mol. The van der Waals surface area contributed by atoms with E-state index in [1.165, 1.54) is 0 Å². The van der Waals surface area contributed by atoms with E-state index >= 15 is 0 Å². The molecule has 1 atom stereocenters. The molecule has 86 valence electrons. The fourth-order valence-corrected chi connectivity index (χ4v) is 1.89. The number of morpholine rings is 1. The molecule has 2 saturated heterocycles. The number of rotatable bonds is 1. The number of nitrogens with zero attached hydrogens (tertiary/aromatic N) is 1. The van der Waals surface area contributed by atoms with Crippen molar-refractivity contribution >= 4 is 5.91 Å². The summed E-state index contributed by atoms with van der Waals surface area (Å²) >= 11 is 0. The van der Waals surface area contributed by atoms with E-state index in [0.717, 1.165) is 26.1 Å². The summed E-state index contributed by atoms with van der Waals surface area (Å²) in [6.07, 6.45) is 0.628. The van der Waals surface area contributed by atoms with Crippen LogP contribution in [0.2, 0.25) is 0 Å². The summed E-state index contributed by atoms with van der Waals surface area (Å²) in [5, 5.41) is 3.17. The van der Waals surface area contributed by atoms with Gasteiger partial charge in [0.25, 0.3) is 5.91 Å². The molecule has 1 N–H and O–H groups in total. The summed E-state index contributed by atoms with van der Waals surface area (Å²) in [7, 11) is 0. The van der Waals surface area contributed by atoms with Gasteiger partial charge in [-0.2, -0.15) is 0 Å². The van der Waals surface area contributed by atoms with Crippen molar-refractivity contribution in [3.63, 3.8) is 0 Å². The lowest BCUT2D eigenvalue weighted by Crippen LogP contribution is -2.50. The van der Waals surface area contributed by atoms with Crippen LogP contribution < -0.4 is 5.32 Å². The lowest BCUT2D eigenvalue weighted by Gasteiger charge is -2.28. The van der Waals surface area contributed by atoms with E-state index in [4.69, 9.17) is 9.47 Å². The second-order valence-corrected chi connectivity index (χ2v) is 3.85. The van der Waals surface area contributed by atoms with Crippen LogP contribution in [-0.2, 0) is 14.3 Å². The molecule has 2 aliphatic heterocycles. The van der Waals surface area contributed by atoms with Gasteiger partial charge >= 0.3 is 0 Å². The third-order valence-corrected chi connectivity index (χ3v) is 2.74. The second-order valence-electron chi connectivity index (χ2n) is 3.85. The molecular weight excluding hydrogens is 196 g/mol. The average molecular weight is 214 g/mol. The highest BCUT2D eigenvalue weighted by molar-refractivity contribution is 5.81. The van der Waals surface area contributed by atoms with E-state index in [1.807, 2.05) is 4.90 Å². The van der Waals surface area contributed by atoms with E-state index in [2.05, 4.69) is 5.32 Å². The average Bonchev–Trinajstić information content (AvgIpc) is 2.58. The molecule has 1 unspecified atom stereocenters. The molecule has 5 nitrogen and oxygen atoms in total. The van der Waals surface area contributed by atoms with Gasteiger partial charge < -0.3 is 19.7 Å². The lowest BCUT2D eigenvalue weighted by molar-refractivity contribution is -0.145. The molecule has 0 radical (unpaired) electrons. The van der Waals surface area contributed by atoms with Crippen LogP contribution in [0.1, 0.15) is 6.42 Å². The molecular formula is C10H18N2O3. The topological polar surface area (TPSA) is 50.8 Å². The largest absolute Gasteiger partial charge is 0.380 e. The van der Waals surface area contributed by atoms with E-state index in [9.17, 15) is 4.79 Å². The molecule has 0 spiro atoms. The van der Waals surface area contributed by atoms with Crippen LogP contribution in [0.4, 0.5) is 0 Å². The Hall–Kier alpha value is -0.650. The Kier molecular flexibility index (Phi) is 3.94. The Labute approximate surface area is 89.7 Å². The van der Waals surface area contributed by atoms with Crippen LogP contribution >= 0.6 is 0 Å². The van der Waals surface area contributed by atoms with E-state index in [-0.39, 0.29) is 12.0 Å². The van der Waals surface area contributed by atoms with Crippen LogP contribution in [0.25, 0.3) is 0 Å². The summed E-state index contributed by atoms with van der Waals surface area (Å²) in [6.45, 7) is 4.99. The smallest absolute Gasteiger partial charge is 0.253 e. The van der Waals surface area contributed by atoms with Crippen molar-refractivity contribution in [3.05, 3.63) is 0 Å². The summed E-state index contributed by atoms with van der Waals surface area (Å²) in [5.41, 5.74) is 0. The third kappa shape index (κ3) is 2.90. The fraction of sp³-hybridized carbons (Fsp3) is 0.900. The highest BCUT2D eigenvalue weighted by atomic mass is 16.5. The third-order valence-electron chi connectivity index (χ3n) is 2.74. The maximum atomic E-state index is 12.0. The Morgan fingerprint density at radius 1 is 1.27 bits per heavy atom. The SMILES string of the molecule is O=C(C1CNCCO1)N1CCCOCC1. The van der Waals surface area contributed by atoms with Gasteiger partial charge in [-0.1, -0.05) is 0 Å². The standard InChI is InChI=1S/C10H18N2O3/c13-10(9-8-11-2-6-15-9)12-3-1-5-14-7-4-12/h9,11H,1-8H2. The van der Waals surface area contributed by atoms with Crippen molar-refractivity contribution in [2.24, 2.45) is 0 Å². The normalized spacial score (nSPS) is 28.5. The van der Waals surface area contributed by atoms with Crippen LogP contribution in [0, 0.1) is 0 Å². The predicted octanol–water partition coefficient (Wildman–Crippen LogP) is -0.776. The Morgan fingerprint density at radius 3 is 3.00 bits per heavy atom. The molecule has 2 fully saturated rings. The van der Waals surface area contributed by atoms with Gasteiger partial charge in [0.15, 0.2) is 0 Å². The highest BCUT2D eigenvalue weighted by Crippen LogP contribution is 2.06. The van der Waals surface area contributed by atoms with Gasteiger partial charge in [-0.25, -0.2) is 0 Å².